The largest absolute Gasteiger partial charge is 0.506 e. The molecule has 6 heterocycles. The first-order chi connectivity index (χ1) is 29.0. The van der Waals surface area contributed by atoms with Gasteiger partial charge in [0.1, 0.15) is 12.7 Å². The average Bonchev–Trinajstić information content (AvgIpc) is 4.03. The second-order valence-corrected chi connectivity index (χ2v) is 13.9. The Morgan fingerprint density at radius 2 is 1.07 bits per heavy atom. The van der Waals surface area contributed by atoms with Crippen molar-refractivity contribution in [2.45, 2.75) is 71.5 Å². The van der Waals surface area contributed by atoms with E-state index in [4.69, 9.17) is 29.2 Å². The van der Waals surface area contributed by atoms with Gasteiger partial charge in [0.2, 0.25) is 0 Å². The Morgan fingerprint density at radius 3 is 1.46 bits per heavy atom. The first kappa shape index (κ1) is 43.5. The Kier molecular flexibility index (Phi) is 13.4. The highest BCUT2D eigenvalue weighted by atomic mass is 16.7. The number of fused-ring (bicyclic) bond motifs is 2. The summed E-state index contributed by atoms with van der Waals surface area (Å²) < 4.78 is 25.1. The molecule has 0 saturated carbocycles. The van der Waals surface area contributed by atoms with Crippen LogP contribution in [0.2, 0.25) is 0 Å². The fourth-order valence-corrected chi connectivity index (χ4v) is 7.19. The van der Waals surface area contributed by atoms with Crippen LogP contribution < -0.4 is 10.6 Å². The molecule has 5 N–H and O–H groups in total. The minimum atomic E-state index is -1.45. The molecule has 2 amide bonds. The van der Waals surface area contributed by atoms with Gasteiger partial charge in [0.15, 0.2) is 58.6 Å². The molecule has 0 aliphatic carbocycles. The predicted octanol–water partition coefficient (Wildman–Crippen LogP) is 5.39. The number of hydrogen-bond acceptors (Lipinski definition) is 15. The Morgan fingerprint density at radius 1 is 0.656 bits per heavy atom. The van der Waals surface area contributed by atoms with E-state index in [0.717, 1.165) is 0 Å². The summed E-state index contributed by atoms with van der Waals surface area (Å²) in [5.74, 6) is -0.771. The van der Waals surface area contributed by atoms with Gasteiger partial charge in [-0.3, -0.25) is 18.7 Å². The number of rotatable bonds is 10. The topological polar surface area (TPSA) is 277 Å². The number of anilines is 2. The number of hydrogen-bond donors (Lipinski definition) is 5. The fourth-order valence-electron chi connectivity index (χ4n) is 7.19. The van der Waals surface area contributed by atoms with Gasteiger partial charge in [-0.1, -0.05) is 64.6 Å². The molecule has 8 rings (SSSR count). The van der Waals surface area contributed by atoms with Gasteiger partial charge in [-0.2, -0.15) is 0 Å². The van der Waals surface area contributed by atoms with Crippen LogP contribution in [0, 0.1) is 11.8 Å². The summed E-state index contributed by atoms with van der Waals surface area (Å²) in [5, 5.41) is 33.2. The molecule has 2 saturated heterocycles. The standard InChI is InChI=1S/C20H21N5O5.C19H19N5O6.CH4/c1-3-13-11(2)15(30-20(27)28)19(29-13)25-10-23-14-16(21-9-22-17(14)25)24-18(26)12-7-5-4-6-8-12;1-10-12(7-25)29-18(14(10)30-19(27)28)24-9-22-13-15(20-8-21-16(13)24)23-17(26)11-5-3-2-4-6-11;/h4-11,13,15,19H,3H2,1-2H3,(H,27,28)(H,21,22,24,26);2-6,8-10,12,14,18,25H,7H2,1H3,(H,27,28)(H,20,21,23,26);1H4/t11-,13-,15-,19-;10-,12-,14-,18-;/m11./s1. The third-order valence-electron chi connectivity index (χ3n) is 10.3. The molecule has 0 radical (unpaired) electrons. The molecule has 2 aromatic carbocycles. The normalized spacial score (nSPS) is 23.0. The van der Waals surface area contributed by atoms with Crippen molar-refractivity contribution in [2.24, 2.45) is 11.8 Å². The number of carbonyl (C=O) groups excluding carboxylic acids is 2. The molecule has 8 atom stereocenters. The van der Waals surface area contributed by atoms with Crippen LogP contribution in [0.1, 0.15) is 67.8 Å². The van der Waals surface area contributed by atoms with E-state index >= 15 is 0 Å². The molecule has 320 valence electrons. The number of carbonyl (C=O) groups is 4. The molecular formula is C40H44N10O11. The van der Waals surface area contributed by atoms with Crippen molar-refractivity contribution in [1.29, 1.82) is 0 Å². The van der Waals surface area contributed by atoms with E-state index in [0.29, 0.717) is 39.9 Å². The SMILES string of the molecule is C.CC[C@H]1O[C@@H](n2cnc3c(NC(=O)c4ccccc4)ncnc32)[C@H](OC(=O)O)[C@@H]1C.C[C@H]1[C@@H](OC(=O)O)[C@H](n2cnc3c(NC(=O)c4ccccc4)ncnc32)O[C@@H]1CO. The molecule has 21 heteroatoms. The lowest BCUT2D eigenvalue weighted by atomic mass is 9.98. The maximum Gasteiger partial charge on any atom is 0.506 e. The molecule has 0 unspecified atom stereocenters. The molecule has 2 aliphatic rings. The van der Waals surface area contributed by atoms with Crippen LogP contribution in [0.5, 0.6) is 0 Å². The van der Waals surface area contributed by atoms with Gasteiger partial charge < -0.3 is 44.9 Å². The van der Waals surface area contributed by atoms with Gasteiger partial charge >= 0.3 is 12.3 Å². The van der Waals surface area contributed by atoms with Crippen molar-refractivity contribution < 1.29 is 53.4 Å². The van der Waals surface area contributed by atoms with Crippen LogP contribution in [0.4, 0.5) is 21.2 Å². The van der Waals surface area contributed by atoms with Crippen molar-refractivity contribution in [3.63, 3.8) is 0 Å². The number of aliphatic hydroxyl groups excluding tert-OH is 1. The second-order valence-electron chi connectivity index (χ2n) is 13.9. The summed E-state index contributed by atoms with van der Waals surface area (Å²) in [7, 11) is 0. The van der Waals surface area contributed by atoms with Crippen LogP contribution in [0.15, 0.2) is 86.0 Å². The van der Waals surface area contributed by atoms with Gasteiger partial charge in [0.25, 0.3) is 11.8 Å². The number of ether oxygens (including phenoxy) is 4. The number of nitrogens with one attached hydrogen (secondary N) is 2. The highest BCUT2D eigenvalue weighted by Gasteiger charge is 2.47. The van der Waals surface area contributed by atoms with E-state index in [-0.39, 0.29) is 49.5 Å². The van der Waals surface area contributed by atoms with E-state index in [2.05, 4.69) is 40.5 Å². The van der Waals surface area contributed by atoms with E-state index in [1.165, 1.54) is 29.9 Å². The monoisotopic (exact) mass is 840 g/mol. The summed E-state index contributed by atoms with van der Waals surface area (Å²) in [4.78, 5) is 72.7. The Hall–Kier alpha value is -7.10. The number of aliphatic hydroxyl groups is 1. The van der Waals surface area contributed by atoms with E-state index in [1.54, 1.807) is 66.1 Å². The zero-order valence-electron chi connectivity index (χ0n) is 32.3. The van der Waals surface area contributed by atoms with Gasteiger partial charge in [0, 0.05) is 23.0 Å². The smallest absolute Gasteiger partial charge is 0.450 e. The van der Waals surface area contributed by atoms with Crippen LogP contribution in [-0.2, 0) is 18.9 Å². The number of imidazole rings is 2. The first-order valence-corrected chi connectivity index (χ1v) is 18.8. The van der Waals surface area contributed by atoms with E-state index in [9.17, 15) is 24.3 Å². The van der Waals surface area contributed by atoms with Crippen molar-refractivity contribution in [2.75, 3.05) is 17.2 Å². The number of carboxylic acid groups (broad SMARTS) is 2. The van der Waals surface area contributed by atoms with E-state index < -0.39 is 49.0 Å². The lowest BCUT2D eigenvalue weighted by Gasteiger charge is -2.21. The number of amides is 2. The summed E-state index contributed by atoms with van der Waals surface area (Å²) in [6.45, 7) is 5.29. The maximum atomic E-state index is 12.5. The number of nitrogens with zero attached hydrogens (tertiary/aromatic N) is 8. The molecule has 6 aromatic rings. The van der Waals surface area contributed by atoms with Gasteiger partial charge in [-0.25, -0.2) is 39.5 Å². The Balaban J connectivity index is 0.000000201. The predicted molar refractivity (Wildman–Crippen MR) is 215 cm³/mol. The number of benzene rings is 2. The minimum Gasteiger partial charge on any atom is -0.450 e. The van der Waals surface area contributed by atoms with Crippen molar-refractivity contribution in [1.82, 2.24) is 39.0 Å². The lowest BCUT2D eigenvalue weighted by Crippen LogP contribution is -2.30. The second kappa shape index (κ2) is 18.9. The van der Waals surface area contributed by atoms with Gasteiger partial charge in [-0.05, 0) is 30.7 Å². The molecule has 0 spiro atoms. The molecule has 4 aromatic heterocycles. The summed E-state index contributed by atoms with van der Waals surface area (Å²) in [6, 6.07) is 17.4. The molecular weight excluding hydrogens is 796 g/mol. The summed E-state index contributed by atoms with van der Waals surface area (Å²) in [6.07, 6.45) is -0.636. The van der Waals surface area contributed by atoms with Crippen molar-refractivity contribution >= 4 is 58.1 Å². The molecule has 0 bridgehead atoms. The minimum absolute atomic E-state index is 0. The zero-order chi connectivity index (χ0) is 42.5. The van der Waals surface area contributed by atoms with Crippen LogP contribution in [-0.4, -0.2) is 110 Å². The third-order valence-corrected chi connectivity index (χ3v) is 10.3. The molecule has 21 nitrogen and oxygen atoms in total. The van der Waals surface area contributed by atoms with E-state index in [1.807, 2.05) is 19.9 Å². The maximum absolute atomic E-state index is 12.5. The average molecular weight is 841 g/mol. The zero-order valence-corrected chi connectivity index (χ0v) is 32.3. The third kappa shape index (κ3) is 9.07. The molecule has 2 aliphatic heterocycles. The lowest BCUT2D eigenvalue weighted by molar-refractivity contribution is -0.0582. The van der Waals surface area contributed by atoms with Crippen LogP contribution in [0.25, 0.3) is 22.3 Å². The Labute approximate surface area is 347 Å². The fraction of sp³-hybridized carbons (Fsp3) is 0.350. The van der Waals surface area contributed by atoms with Gasteiger partial charge in [-0.15, -0.1) is 0 Å². The molecule has 2 fully saturated rings. The summed E-state index contributed by atoms with van der Waals surface area (Å²) >= 11 is 0. The highest BCUT2D eigenvalue weighted by molar-refractivity contribution is 6.07. The summed E-state index contributed by atoms with van der Waals surface area (Å²) in [5.41, 5.74) is 2.34. The van der Waals surface area contributed by atoms with Crippen molar-refractivity contribution in [3.05, 3.63) is 97.1 Å². The highest BCUT2D eigenvalue weighted by Crippen LogP contribution is 2.40. The quantitative estimate of drug-likeness (QED) is 0.108. The Bertz CT molecular complexity index is 2310. The number of aromatic nitrogens is 8. The van der Waals surface area contributed by atoms with Crippen LogP contribution in [0.3, 0.4) is 0 Å². The van der Waals surface area contributed by atoms with Crippen LogP contribution >= 0.6 is 0 Å². The van der Waals surface area contributed by atoms with Crippen molar-refractivity contribution in [3.8, 4) is 0 Å². The van der Waals surface area contributed by atoms with Gasteiger partial charge in [0.05, 0.1) is 31.5 Å². The first-order valence-electron chi connectivity index (χ1n) is 18.8. The molecule has 61 heavy (non-hydrogen) atoms.